The number of carbonyl (C=O) groups excluding carboxylic acids is 1. The van der Waals surface area contributed by atoms with Gasteiger partial charge in [0.05, 0.1) is 23.9 Å². The lowest BCUT2D eigenvalue weighted by atomic mass is 10.1. The number of hydrogen-bond donors (Lipinski definition) is 1. The van der Waals surface area contributed by atoms with Gasteiger partial charge in [-0.05, 0) is 49.9 Å². The zero-order valence-electron chi connectivity index (χ0n) is 13.8. The monoisotopic (exact) mass is 366 g/mol. The number of amides is 1. The highest BCUT2D eigenvalue weighted by atomic mass is 35.5. The molecule has 1 amide bonds. The molecule has 0 spiro atoms. The van der Waals surface area contributed by atoms with Crippen molar-refractivity contribution in [3.8, 4) is 5.75 Å². The molecule has 128 valence electrons. The highest BCUT2D eigenvalue weighted by Gasteiger charge is 2.19. The van der Waals surface area contributed by atoms with E-state index in [1.54, 1.807) is 25.3 Å². The van der Waals surface area contributed by atoms with Crippen molar-refractivity contribution >= 4 is 34.8 Å². The second kappa shape index (κ2) is 8.38. The minimum Gasteiger partial charge on any atom is -0.497 e. The van der Waals surface area contributed by atoms with E-state index in [2.05, 4.69) is 5.32 Å². The van der Waals surface area contributed by atoms with E-state index in [-0.39, 0.29) is 11.9 Å². The van der Waals surface area contributed by atoms with Crippen LogP contribution in [0.25, 0.3) is 0 Å². The van der Waals surface area contributed by atoms with Gasteiger partial charge in [-0.2, -0.15) is 0 Å². The van der Waals surface area contributed by atoms with Crippen molar-refractivity contribution in [1.82, 2.24) is 4.90 Å². The van der Waals surface area contributed by atoms with Crippen LogP contribution in [-0.4, -0.2) is 31.0 Å². The van der Waals surface area contributed by atoms with Crippen molar-refractivity contribution < 1.29 is 9.53 Å². The predicted octanol–water partition coefficient (Wildman–Crippen LogP) is 4.46. The fraction of sp³-hybridized carbons (Fsp3) is 0.278. The third kappa shape index (κ3) is 4.87. The fourth-order valence-corrected chi connectivity index (χ4v) is 2.56. The number of methoxy groups -OCH3 is 1. The number of halogens is 2. The van der Waals surface area contributed by atoms with E-state index in [9.17, 15) is 4.79 Å². The van der Waals surface area contributed by atoms with Crippen LogP contribution in [-0.2, 0) is 11.3 Å². The lowest BCUT2D eigenvalue weighted by molar-refractivity contribution is -0.120. The summed E-state index contributed by atoms with van der Waals surface area (Å²) in [6.07, 6.45) is 0. The predicted molar refractivity (Wildman–Crippen MR) is 99.0 cm³/mol. The Morgan fingerprint density at radius 2 is 2.00 bits per heavy atom. The summed E-state index contributed by atoms with van der Waals surface area (Å²) in [6, 6.07) is 12.4. The number of likely N-dealkylation sites (N-methyl/N-ethyl adjacent to an activating group) is 1. The van der Waals surface area contributed by atoms with Gasteiger partial charge < -0.3 is 10.1 Å². The molecular weight excluding hydrogens is 347 g/mol. The summed E-state index contributed by atoms with van der Waals surface area (Å²) in [7, 11) is 3.52. The second-order valence-electron chi connectivity index (χ2n) is 5.56. The first-order chi connectivity index (χ1) is 11.4. The number of nitrogens with one attached hydrogen (secondary N) is 1. The molecule has 0 unspecified atom stereocenters. The topological polar surface area (TPSA) is 41.6 Å². The van der Waals surface area contributed by atoms with E-state index in [1.165, 1.54) is 0 Å². The number of anilines is 1. The Morgan fingerprint density at radius 1 is 1.25 bits per heavy atom. The van der Waals surface area contributed by atoms with E-state index in [0.717, 1.165) is 11.3 Å². The normalized spacial score (nSPS) is 12.1. The minimum atomic E-state index is -0.341. The summed E-state index contributed by atoms with van der Waals surface area (Å²) in [5.41, 5.74) is 1.58. The Morgan fingerprint density at radius 3 is 2.71 bits per heavy atom. The van der Waals surface area contributed by atoms with Crippen LogP contribution in [0, 0.1) is 0 Å². The molecule has 0 saturated heterocycles. The van der Waals surface area contributed by atoms with Gasteiger partial charge in [0, 0.05) is 11.6 Å². The summed E-state index contributed by atoms with van der Waals surface area (Å²) >= 11 is 12.0. The first kappa shape index (κ1) is 18.6. The molecule has 0 aliphatic rings. The van der Waals surface area contributed by atoms with Crippen LogP contribution in [0.2, 0.25) is 10.0 Å². The Hall–Kier alpha value is -1.75. The van der Waals surface area contributed by atoms with Gasteiger partial charge in [-0.1, -0.05) is 35.3 Å². The van der Waals surface area contributed by atoms with Crippen LogP contribution in [0.3, 0.4) is 0 Å². The van der Waals surface area contributed by atoms with Gasteiger partial charge in [-0.25, -0.2) is 0 Å². The number of benzene rings is 2. The van der Waals surface area contributed by atoms with Gasteiger partial charge >= 0.3 is 0 Å². The van der Waals surface area contributed by atoms with Crippen molar-refractivity contribution in [1.29, 1.82) is 0 Å². The number of hydrogen-bond acceptors (Lipinski definition) is 3. The maximum Gasteiger partial charge on any atom is 0.241 e. The van der Waals surface area contributed by atoms with Crippen molar-refractivity contribution in [3.63, 3.8) is 0 Å². The number of carbonyl (C=O) groups is 1. The van der Waals surface area contributed by atoms with E-state index in [4.69, 9.17) is 27.9 Å². The maximum absolute atomic E-state index is 12.5. The van der Waals surface area contributed by atoms with Gasteiger partial charge in [0.25, 0.3) is 0 Å². The first-order valence-corrected chi connectivity index (χ1v) is 8.25. The molecule has 0 saturated carbocycles. The number of rotatable bonds is 6. The van der Waals surface area contributed by atoms with Gasteiger partial charge in [0.15, 0.2) is 0 Å². The van der Waals surface area contributed by atoms with E-state index in [1.807, 2.05) is 43.1 Å². The van der Waals surface area contributed by atoms with Crippen molar-refractivity contribution in [2.75, 3.05) is 19.5 Å². The minimum absolute atomic E-state index is 0.149. The number of ether oxygens (including phenoxy) is 1. The highest BCUT2D eigenvalue weighted by Crippen LogP contribution is 2.25. The van der Waals surface area contributed by atoms with Gasteiger partial charge in [0.1, 0.15) is 5.75 Å². The molecule has 0 aliphatic carbocycles. The molecule has 2 aromatic carbocycles. The molecule has 0 heterocycles. The average Bonchev–Trinajstić information content (AvgIpc) is 2.57. The largest absolute Gasteiger partial charge is 0.497 e. The van der Waals surface area contributed by atoms with Crippen molar-refractivity contribution in [3.05, 3.63) is 58.1 Å². The maximum atomic E-state index is 12.5. The average molecular weight is 367 g/mol. The standard InChI is InChI=1S/C18H20Cl2N2O2/c1-12(18(23)21-17-10-14(19)7-8-16(17)20)22(2)11-13-5-4-6-15(9-13)24-3/h4-10,12H,11H2,1-3H3,(H,21,23)/t12-/m0/s1. The zero-order valence-corrected chi connectivity index (χ0v) is 15.4. The van der Waals surface area contributed by atoms with E-state index in [0.29, 0.717) is 22.3 Å². The molecule has 0 radical (unpaired) electrons. The fourth-order valence-electron chi connectivity index (χ4n) is 2.23. The molecule has 0 aliphatic heterocycles. The molecule has 4 nitrogen and oxygen atoms in total. The van der Waals surface area contributed by atoms with Crippen LogP contribution >= 0.6 is 23.2 Å². The molecule has 2 aromatic rings. The van der Waals surface area contributed by atoms with E-state index >= 15 is 0 Å². The molecule has 1 atom stereocenters. The van der Waals surface area contributed by atoms with E-state index < -0.39 is 0 Å². The third-order valence-electron chi connectivity index (χ3n) is 3.79. The molecule has 0 fully saturated rings. The summed E-state index contributed by atoms with van der Waals surface area (Å²) in [4.78, 5) is 14.4. The van der Waals surface area contributed by atoms with Crippen molar-refractivity contribution in [2.24, 2.45) is 0 Å². The van der Waals surface area contributed by atoms with Crippen molar-refractivity contribution in [2.45, 2.75) is 19.5 Å². The lowest BCUT2D eigenvalue weighted by Gasteiger charge is -2.24. The second-order valence-corrected chi connectivity index (χ2v) is 6.40. The summed E-state index contributed by atoms with van der Waals surface area (Å²) in [5.74, 6) is 0.647. The SMILES string of the molecule is COc1cccc(CN(C)[C@@H](C)C(=O)Nc2cc(Cl)ccc2Cl)c1. The molecular formula is C18H20Cl2N2O2. The zero-order chi connectivity index (χ0) is 17.7. The van der Waals surface area contributed by atoms with Gasteiger partial charge in [0.2, 0.25) is 5.91 Å². The Bertz CT molecular complexity index is 722. The van der Waals surface area contributed by atoms with Gasteiger partial charge in [-0.15, -0.1) is 0 Å². The molecule has 2 rings (SSSR count). The lowest BCUT2D eigenvalue weighted by Crippen LogP contribution is -2.39. The first-order valence-electron chi connectivity index (χ1n) is 7.50. The Balaban J connectivity index is 2.02. The van der Waals surface area contributed by atoms with Crippen LogP contribution in [0.5, 0.6) is 5.75 Å². The number of nitrogens with zero attached hydrogens (tertiary/aromatic N) is 1. The van der Waals surface area contributed by atoms with Crippen LogP contribution in [0.15, 0.2) is 42.5 Å². The van der Waals surface area contributed by atoms with Crippen LogP contribution in [0.4, 0.5) is 5.69 Å². The molecule has 0 bridgehead atoms. The molecule has 6 heteroatoms. The third-order valence-corrected chi connectivity index (χ3v) is 4.36. The Labute approximate surface area is 152 Å². The molecule has 0 aromatic heterocycles. The van der Waals surface area contributed by atoms with Crippen LogP contribution in [0.1, 0.15) is 12.5 Å². The van der Waals surface area contributed by atoms with Crippen LogP contribution < -0.4 is 10.1 Å². The smallest absolute Gasteiger partial charge is 0.241 e. The highest BCUT2D eigenvalue weighted by molar-refractivity contribution is 6.35. The van der Waals surface area contributed by atoms with Gasteiger partial charge in [-0.3, -0.25) is 9.69 Å². The molecule has 1 N–H and O–H groups in total. The summed E-state index contributed by atoms with van der Waals surface area (Å²) < 4.78 is 5.22. The summed E-state index contributed by atoms with van der Waals surface area (Å²) in [5, 5.41) is 3.79. The molecule has 24 heavy (non-hydrogen) atoms. The Kier molecular flexibility index (Phi) is 6.49. The quantitative estimate of drug-likeness (QED) is 0.820. The summed E-state index contributed by atoms with van der Waals surface area (Å²) in [6.45, 7) is 2.46.